The molecule has 0 bridgehead atoms. The van der Waals surface area contributed by atoms with Gasteiger partial charge in [0.1, 0.15) is 17.4 Å². The SMILES string of the molecule is CCc1nnc(NCc2ccc(OC)c(NC(C)=O)c2)c(C#N)c1CC. The van der Waals surface area contributed by atoms with Crippen LogP contribution in [0, 0.1) is 11.3 Å². The average Bonchev–Trinajstić information content (AvgIpc) is 2.64. The van der Waals surface area contributed by atoms with Gasteiger partial charge in [-0.3, -0.25) is 4.79 Å². The summed E-state index contributed by atoms with van der Waals surface area (Å²) in [5, 5.41) is 23.9. The normalized spacial score (nSPS) is 10.1. The Bertz CT molecular complexity index is 843. The van der Waals surface area contributed by atoms with E-state index in [0.29, 0.717) is 29.4 Å². The van der Waals surface area contributed by atoms with Crippen molar-refractivity contribution in [1.29, 1.82) is 5.26 Å². The molecule has 0 spiro atoms. The minimum Gasteiger partial charge on any atom is -0.495 e. The smallest absolute Gasteiger partial charge is 0.221 e. The minimum absolute atomic E-state index is 0.172. The van der Waals surface area contributed by atoms with Gasteiger partial charge in [0.05, 0.1) is 18.5 Å². The Morgan fingerprint density at radius 2 is 2.04 bits per heavy atom. The highest BCUT2D eigenvalue weighted by atomic mass is 16.5. The van der Waals surface area contributed by atoms with Gasteiger partial charge in [-0.2, -0.15) is 10.4 Å². The number of rotatable bonds is 7. The lowest BCUT2D eigenvalue weighted by atomic mass is 10.0. The molecule has 1 heterocycles. The third-order valence-corrected chi connectivity index (χ3v) is 3.99. The molecule has 1 aromatic heterocycles. The largest absolute Gasteiger partial charge is 0.495 e. The number of carbonyl (C=O) groups excluding carboxylic acids is 1. The second-order valence-corrected chi connectivity index (χ2v) is 5.74. The molecule has 7 heteroatoms. The van der Waals surface area contributed by atoms with Crippen LogP contribution in [-0.4, -0.2) is 23.2 Å². The molecule has 0 aliphatic rings. The maximum absolute atomic E-state index is 11.3. The lowest BCUT2D eigenvalue weighted by Crippen LogP contribution is -2.11. The van der Waals surface area contributed by atoms with E-state index in [4.69, 9.17) is 4.74 Å². The van der Waals surface area contributed by atoms with Crippen molar-refractivity contribution in [2.75, 3.05) is 17.7 Å². The third-order valence-electron chi connectivity index (χ3n) is 3.99. The maximum Gasteiger partial charge on any atom is 0.221 e. The Morgan fingerprint density at radius 3 is 2.62 bits per heavy atom. The molecule has 0 unspecified atom stereocenters. The quantitative estimate of drug-likeness (QED) is 0.793. The molecule has 0 saturated heterocycles. The van der Waals surface area contributed by atoms with Gasteiger partial charge >= 0.3 is 0 Å². The van der Waals surface area contributed by atoms with Gasteiger partial charge in [0.25, 0.3) is 0 Å². The number of carbonyl (C=O) groups is 1. The van der Waals surface area contributed by atoms with Crippen molar-refractivity contribution < 1.29 is 9.53 Å². The van der Waals surface area contributed by atoms with Gasteiger partial charge in [0, 0.05) is 13.5 Å². The number of nitrogens with one attached hydrogen (secondary N) is 2. The first-order valence-electron chi connectivity index (χ1n) is 8.50. The van der Waals surface area contributed by atoms with Crippen LogP contribution in [0.3, 0.4) is 0 Å². The summed E-state index contributed by atoms with van der Waals surface area (Å²) in [6.07, 6.45) is 1.47. The van der Waals surface area contributed by atoms with E-state index < -0.39 is 0 Å². The van der Waals surface area contributed by atoms with Gasteiger partial charge in [-0.05, 0) is 36.1 Å². The number of benzene rings is 1. The van der Waals surface area contributed by atoms with Crippen LogP contribution in [0.5, 0.6) is 5.75 Å². The molecule has 0 atom stereocenters. The molecule has 2 aromatic rings. The fraction of sp³-hybridized carbons (Fsp3) is 0.368. The molecular formula is C19H23N5O2. The van der Waals surface area contributed by atoms with Crippen molar-refractivity contribution in [2.24, 2.45) is 0 Å². The molecule has 1 aromatic carbocycles. The predicted octanol–water partition coefficient (Wildman–Crippen LogP) is 3.05. The number of nitriles is 1. The molecule has 0 aliphatic carbocycles. The van der Waals surface area contributed by atoms with Gasteiger partial charge in [0.2, 0.25) is 5.91 Å². The zero-order chi connectivity index (χ0) is 19.1. The lowest BCUT2D eigenvalue weighted by Gasteiger charge is -2.14. The number of hydrogen-bond acceptors (Lipinski definition) is 6. The van der Waals surface area contributed by atoms with E-state index in [-0.39, 0.29) is 5.91 Å². The average molecular weight is 353 g/mol. The molecule has 0 fully saturated rings. The van der Waals surface area contributed by atoms with E-state index in [0.717, 1.165) is 29.7 Å². The number of methoxy groups -OCH3 is 1. The van der Waals surface area contributed by atoms with E-state index in [2.05, 4.69) is 26.9 Å². The molecule has 2 N–H and O–H groups in total. The van der Waals surface area contributed by atoms with Crippen LogP contribution in [-0.2, 0) is 24.2 Å². The van der Waals surface area contributed by atoms with E-state index in [1.165, 1.54) is 6.92 Å². The van der Waals surface area contributed by atoms with Crippen molar-refractivity contribution in [3.05, 3.63) is 40.6 Å². The summed E-state index contributed by atoms with van der Waals surface area (Å²) in [6, 6.07) is 7.74. The number of nitrogens with zero attached hydrogens (tertiary/aromatic N) is 3. The Morgan fingerprint density at radius 1 is 1.27 bits per heavy atom. The first-order chi connectivity index (χ1) is 12.5. The Labute approximate surface area is 153 Å². The summed E-state index contributed by atoms with van der Waals surface area (Å²) in [5.74, 6) is 0.884. The summed E-state index contributed by atoms with van der Waals surface area (Å²) < 4.78 is 5.26. The first kappa shape index (κ1) is 19.2. The highest BCUT2D eigenvalue weighted by molar-refractivity contribution is 5.90. The van der Waals surface area contributed by atoms with Crippen LogP contribution in [0.4, 0.5) is 11.5 Å². The number of amides is 1. The second-order valence-electron chi connectivity index (χ2n) is 5.74. The Balaban J connectivity index is 2.26. The fourth-order valence-corrected chi connectivity index (χ4v) is 2.76. The molecule has 0 aliphatic heterocycles. The molecule has 0 saturated carbocycles. The topological polar surface area (TPSA) is 99.9 Å². The molecule has 26 heavy (non-hydrogen) atoms. The number of aryl methyl sites for hydroxylation is 1. The standard InChI is InChI=1S/C19H23N5O2/c1-5-14-15(10-20)19(24-23-16(14)6-2)21-11-13-7-8-18(26-4)17(9-13)22-12(3)25/h7-9H,5-6,11H2,1-4H3,(H,21,24)(H,22,25). The van der Waals surface area contributed by atoms with E-state index in [1.807, 2.05) is 26.0 Å². The molecule has 7 nitrogen and oxygen atoms in total. The van der Waals surface area contributed by atoms with Crippen molar-refractivity contribution in [3.63, 3.8) is 0 Å². The maximum atomic E-state index is 11.3. The van der Waals surface area contributed by atoms with Crippen molar-refractivity contribution >= 4 is 17.4 Å². The molecule has 0 radical (unpaired) electrons. The molecular weight excluding hydrogens is 330 g/mol. The van der Waals surface area contributed by atoms with Gasteiger partial charge < -0.3 is 15.4 Å². The molecule has 2 rings (SSSR count). The van der Waals surface area contributed by atoms with Crippen LogP contribution in [0.25, 0.3) is 0 Å². The summed E-state index contributed by atoms with van der Waals surface area (Å²) >= 11 is 0. The summed E-state index contributed by atoms with van der Waals surface area (Å²) in [4.78, 5) is 11.3. The molecule has 136 valence electrons. The lowest BCUT2D eigenvalue weighted by molar-refractivity contribution is -0.114. The zero-order valence-electron chi connectivity index (χ0n) is 15.5. The van der Waals surface area contributed by atoms with Crippen LogP contribution in [0.2, 0.25) is 0 Å². The highest BCUT2D eigenvalue weighted by Gasteiger charge is 2.14. The van der Waals surface area contributed by atoms with Crippen molar-refractivity contribution in [1.82, 2.24) is 10.2 Å². The molecule has 1 amide bonds. The first-order valence-corrected chi connectivity index (χ1v) is 8.50. The zero-order valence-corrected chi connectivity index (χ0v) is 15.5. The second kappa shape index (κ2) is 8.81. The van der Waals surface area contributed by atoms with Crippen LogP contribution in [0.15, 0.2) is 18.2 Å². The Kier molecular flexibility index (Phi) is 6.50. The van der Waals surface area contributed by atoms with E-state index in [9.17, 15) is 10.1 Å². The monoisotopic (exact) mass is 353 g/mol. The van der Waals surface area contributed by atoms with Gasteiger partial charge in [0.15, 0.2) is 5.82 Å². The van der Waals surface area contributed by atoms with Crippen molar-refractivity contribution in [3.8, 4) is 11.8 Å². The van der Waals surface area contributed by atoms with Crippen LogP contribution in [0.1, 0.15) is 43.2 Å². The number of aromatic nitrogens is 2. The summed E-state index contributed by atoms with van der Waals surface area (Å²) in [6.45, 7) is 5.89. The third kappa shape index (κ3) is 4.28. The van der Waals surface area contributed by atoms with Gasteiger partial charge in [-0.15, -0.1) is 5.10 Å². The van der Waals surface area contributed by atoms with Gasteiger partial charge in [-0.1, -0.05) is 19.9 Å². The number of ether oxygens (including phenoxy) is 1. The minimum atomic E-state index is -0.172. The summed E-state index contributed by atoms with van der Waals surface area (Å²) in [5.41, 5.74) is 3.84. The predicted molar refractivity (Wildman–Crippen MR) is 100 cm³/mol. The van der Waals surface area contributed by atoms with E-state index in [1.54, 1.807) is 13.2 Å². The Hall–Kier alpha value is -3.14. The van der Waals surface area contributed by atoms with Crippen LogP contribution < -0.4 is 15.4 Å². The van der Waals surface area contributed by atoms with Crippen LogP contribution >= 0.6 is 0 Å². The van der Waals surface area contributed by atoms with Crippen molar-refractivity contribution in [2.45, 2.75) is 40.2 Å². The summed E-state index contributed by atoms with van der Waals surface area (Å²) in [7, 11) is 1.55. The number of anilines is 2. The fourth-order valence-electron chi connectivity index (χ4n) is 2.76. The van der Waals surface area contributed by atoms with Gasteiger partial charge in [-0.25, -0.2) is 0 Å². The number of hydrogen-bond donors (Lipinski definition) is 2. The highest BCUT2D eigenvalue weighted by Crippen LogP contribution is 2.26. The van der Waals surface area contributed by atoms with E-state index >= 15 is 0 Å².